The van der Waals surface area contributed by atoms with Crippen LogP contribution in [0.3, 0.4) is 0 Å². The Bertz CT molecular complexity index is 981. The maximum Gasteiger partial charge on any atom is 0.271 e. The van der Waals surface area contributed by atoms with Gasteiger partial charge >= 0.3 is 0 Å². The van der Waals surface area contributed by atoms with Crippen LogP contribution in [0.2, 0.25) is 0 Å². The first-order valence-electron chi connectivity index (χ1n) is 8.06. The highest BCUT2D eigenvalue weighted by Crippen LogP contribution is 2.26. The van der Waals surface area contributed by atoms with Crippen molar-refractivity contribution in [2.75, 3.05) is 16.9 Å². The zero-order chi connectivity index (χ0) is 18.9. The minimum absolute atomic E-state index is 0.0205. The number of non-ortho nitro benzene ring substituents is 1. The summed E-state index contributed by atoms with van der Waals surface area (Å²) in [6, 6.07) is 5.90. The molecule has 3 rings (SSSR count). The molecule has 1 fully saturated rings. The summed E-state index contributed by atoms with van der Waals surface area (Å²) in [6.07, 6.45) is 2.16. The maximum absolute atomic E-state index is 11.7. The van der Waals surface area contributed by atoms with Crippen molar-refractivity contribution in [2.45, 2.75) is 26.3 Å². The average Bonchev–Trinajstić information content (AvgIpc) is 3.08. The summed E-state index contributed by atoms with van der Waals surface area (Å²) in [5, 5.41) is 19.4. The Morgan fingerprint density at radius 3 is 2.85 bits per heavy atom. The van der Waals surface area contributed by atoms with Crippen LogP contribution in [0, 0.1) is 24.0 Å². The molecule has 1 saturated heterocycles. The smallest absolute Gasteiger partial charge is 0.271 e. The first kappa shape index (κ1) is 18.1. The van der Waals surface area contributed by atoms with E-state index < -0.39 is 14.8 Å². The lowest BCUT2D eigenvalue weighted by molar-refractivity contribution is -0.384. The lowest BCUT2D eigenvalue weighted by Crippen LogP contribution is -2.14. The molecule has 0 aliphatic carbocycles. The Labute approximate surface area is 150 Å². The van der Waals surface area contributed by atoms with E-state index in [0.29, 0.717) is 12.1 Å². The van der Waals surface area contributed by atoms with E-state index in [1.54, 1.807) is 23.0 Å². The Hall–Kier alpha value is -2.75. The van der Waals surface area contributed by atoms with Crippen LogP contribution in [0.25, 0.3) is 0 Å². The maximum atomic E-state index is 11.7. The van der Waals surface area contributed by atoms with Crippen LogP contribution < -0.4 is 5.43 Å². The van der Waals surface area contributed by atoms with E-state index in [1.165, 1.54) is 12.1 Å². The number of aryl methyl sites for hydroxylation is 1. The first-order chi connectivity index (χ1) is 12.3. The van der Waals surface area contributed by atoms with Gasteiger partial charge in [0.25, 0.3) is 5.69 Å². The van der Waals surface area contributed by atoms with Crippen LogP contribution >= 0.6 is 0 Å². The molecule has 0 saturated carbocycles. The minimum Gasteiger partial charge on any atom is -0.278 e. The van der Waals surface area contributed by atoms with Gasteiger partial charge in [-0.05, 0) is 26.3 Å². The summed E-state index contributed by atoms with van der Waals surface area (Å²) >= 11 is 0. The summed E-state index contributed by atoms with van der Waals surface area (Å²) in [6.45, 7) is 3.71. The summed E-state index contributed by atoms with van der Waals surface area (Å²) in [5.41, 5.74) is 5.63. The van der Waals surface area contributed by atoms with Gasteiger partial charge in [0.2, 0.25) is 0 Å². The molecule has 10 heteroatoms. The Balaban J connectivity index is 1.77. The first-order valence-corrected chi connectivity index (χ1v) is 9.88. The van der Waals surface area contributed by atoms with E-state index in [2.05, 4.69) is 15.6 Å². The van der Waals surface area contributed by atoms with E-state index in [-0.39, 0.29) is 23.2 Å². The van der Waals surface area contributed by atoms with E-state index >= 15 is 0 Å². The van der Waals surface area contributed by atoms with Crippen molar-refractivity contribution in [3.05, 3.63) is 51.3 Å². The molecular weight excluding hydrogens is 358 g/mol. The monoisotopic (exact) mass is 377 g/mol. The lowest BCUT2D eigenvalue weighted by atomic mass is 10.2. The highest BCUT2D eigenvalue weighted by Gasteiger charge is 2.31. The van der Waals surface area contributed by atoms with Gasteiger partial charge in [-0.25, -0.2) is 8.42 Å². The molecule has 0 amide bonds. The SMILES string of the molecule is Cc1nn(C2CCS(=O)(=O)C2)c(C)c1/C=N/Nc1cccc([N+](=O)[O-])c1. The number of hydrogen-bond donors (Lipinski definition) is 1. The van der Waals surface area contributed by atoms with Crippen molar-refractivity contribution in [3.63, 3.8) is 0 Å². The molecule has 2 heterocycles. The predicted molar refractivity (Wildman–Crippen MR) is 98.3 cm³/mol. The van der Waals surface area contributed by atoms with Gasteiger partial charge in [0.1, 0.15) is 0 Å². The van der Waals surface area contributed by atoms with Gasteiger partial charge in [0.05, 0.1) is 40.1 Å². The second kappa shape index (κ2) is 6.87. The number of rotatable bonds is 5. The lowest BCUT2D eigenvalue weighted by Gasteiger charge is -2.10. The van der Waals surface area contributed by atoms with E-state index in [0.717, 1.165) is 17.0 Å². The molecule has 138 valence electrons. The van der Waals surface area contributed by atoms with Crippen LogP contribution in [0.1, 0.15) is 29.4 Å². The fourth-order valence-corrected chi connectivity index (χ4v) is 4.74. The largest absolute Gasteiger partial charge is 0.278 e. The molecule has 9 nitrogen and oxygen atoms in total. The molecule has 1 atom stereocenters. The van der Waals surface area contributed by atoms with Crippen LogP contribution in [0.4, 0.5) is 11.4 Å². The normalized spacial score (nSPS) is 19.1. The molecule has 0 spiro atoms. The third-order valence-electron chi connectivity index (χ3n) is 4.38. The molecular formula is C16H19N5O4S. The third kappa shape index (κ3) is 3.74. The van der Waals surface area contributed by atoms with Crippen molar-refractivity contribution in [1.82, 2.24) is 9.78 Å². The van der Waals surface area contributed by atoms with E-state index in [9.17, 15) is 18.5 Å². The fraction of sp³-hybridized carbons (Fsp3) is 0.375. The van der Waals surface area contributed by atoms with Gasteiger partial charge in [0, 0.05) is 23.4 Å². The fourth-order valence-electron chi connectivity index (χ4n) is 3.05. The number of benzene rings is 1. The predicted octanol–water partition coefficient (Wildman–Crippen LogP) is 2.21. The van der Waals surface area contributed by atoms with Crippen LogP contribution in [0.5, 0.6) is 0 Å². The second-order valence-electron chi connectivity index (χ2n) is 6.26. The number of sulfone groups is 1. The molecule has 1 aromatic carbocycles. The second-order valence-corrected chi connectivity index (χ2v) is 8.49. The van der Waals surface area contributed by atoms with Crippen molar-refractivity contribution >= 4 is 27.4 Å². The standard InChI is InChI=1S/C16H19N5O4S/c1-11-16(9-17-18-13-4-3-5-14(8-13)21(22)23)12(2)20(19-11)15-6-7-26(24,25)10-15/h3-5,8-9,15,18H,6-7,10H2,1-2H3/b17-9+. The van der Waals surface area contributed by atoms with Crippen LogP contribution in [-0.2, 0) is 9.84 Å². The summed E-state index contributed by atoms with van der Waals surface area (Å²) in [5.74, 6) is 0.297. The van der Waals surface area contributed by atoms with Gasteiger partial charge in [0.15, 0.2) is 9.84 Å². The van der Waals surface area contributed by atoms with Crippen molar-refractivity contribution < 1.29 is 13.3 Å². The quantitative estimate of drug-likeness (QED) is 0.485. The van der Waals surface area contributed by atoms with Crippen molar-refractivity contribution in [3.8, 4) is 0 Å². The molecule has 1 unspecified atom stereocenters. The highest BCUT2D eigenvalue weighted by atomic mass is 32.2. The van der Waals surface area contributed by atoms with E-state index in [1.807, 2.05) is 13.8 Å². The zero-order valence-electron chi connectivity index (χ0n) is 14.4. The van der Waals surface area contributed by atoms with Crippen molar-refractivity contribution in [2.24, 2.45) is 5.10 Å². The molecule has 0 radical (unpaired) electrons. The third-order valence-corrected chi connectivity index (χ3v) is 6.13. The van der Waals surface area contributed by atoms with Crippen molar-refractivity contribution in [1.29, 1.82) is 0 Å². The molecule has 26 heavy (non-hydrogen) atoms. The zero-order valence-corrected chi connectivity index (χ0v) is 15.2. The Morgan fingerprint density at radius 2 is 2.19 bits per heavy atom. The summed E-state index contributed by atoms with van der Waals surface area (Å²) < 4.78 is 25.2. The van der Waals surface area contributed by atoms with E-state index in [4.69, 9.17) is 0 Å². The summed E-state index contributed by atoms with van der Waals surface area (Å²) in [4.78, 5) is 10.3. The molecule has 1 aliphatic heterocycles. The number of nitrogens with one attached hydrogen (secondary N) is 1. The molecule has 2 aromatic rings. The minimum atomic E-state index is -2.99. The van der Waals surface area contributed by atoms with Crippen LogP contribution in [0.15, 0.2) is 29.4 Å². The van der Waals surface area contributed by atoms with Gasteiger partial charge < -0.3 is 0 Å². The number of hydrogen-bond acceptors (Lipinski definition) is 7. The van der Waals surface area contributed by atoms with Gasteiger partial charge in [-0.3, -0.25) is 20.2 Å². The average molecular weight is 377 g/mol. The Kier molecular flexibility index (Phi) is 4.77. The molecule has 0 bridgehead atoms. The molecule has 1 N–H and O–H groups in total. The van der Waals surface area contributed by atoms with Gasteiger partial charge in [-0.2, -0.15) is 10.2 Å². The van der Waals surface area contributed by atoms with Gasteiger partial charge in [-0.15, -0.1) is 0 Å². The topological polar surface area (TPSA) is 119 Å². The van der Waals surface area contributed by atoms with Crippen LogP contribution in [-0.4, -0.2) is 40.8 Å². The van der Waals surface area contributed by atoms with Gasteiger partial charge in [-0.1, -0.05) is 6.07 Å². The number of nitro benzene ring substituents is 1. The number of nitrogens with zero attached hydrogens (tertiary/aromatic N) is 4. The number of nitro groups is 1. The number of hydrazone groups is 1. The number of anilines is 1. The molecule has 1 aliphatic rings. The Morgan fingerprint density at radius 1 is 1.42 bits per heavy atom. The highest BCUT2D eigenvalue weighted by molar-refractivity contribution is 7.91. The number of aromatic nitrogens is 2. The summed E-state index contributed by atoms with van der Waals surface area (Å²) in [7, 11) is -2.99. The molecule has 1 aromatic heterocycles.